The van der Waals surface area contributed by atoms with Gasteiger partial charge in [0.1, 0.15) is 17.8 Å². The average molecular weight is 266 g/mol. The molecule has 3 rings (SSSR count). The normalized spacial score (nSPS) is 10.8. The third-order valence-electron chi connectivity index (χ3n) is 3.20. The van der Waals surface area contributed by atoms with Crippen LogP contribution < -0.4 is 0 Å². The van der Waals surface area contributed by atoms with E-state index in [1.807, 2.05) is 37.3 Å². The van der Waals surface area contributed by atoms with E-state index in [2.05, 4.69) is 15.1 Å². The van der Waals surface area contributed by atoms with Gasteiger partial charge >= 0.3 is 0 Å². The van der Waals surface area contributed by atoms with Gasteiger partial charge in [-0.1, -0.05) is 24.3 Å². The molecule has 1 aromatic carbocycles. The van der Waals surface area contributed by atoms with Gasteiger partial charge in [-0.25, -0.2) is 14.6 Å². The van der Waals surface area contributed by atoms with Crippen molar-refractivity contribution in [1.29, 1.82) is 0 Å². The number of Topliss-reactive ketones (excluding diaryl/α,β-unsaturated/α-hetero) is 1. The van der Waals surface area contributed by atoms with Crippen LogP contribution in [0, 0.1) is 0 Å². The molecule has 2 heterocycles. The lowest BCUT2D eigenvalue weighted by Gasteiger charge is -2.03. The number of aryl methyl sites for hydroxylation is 1. The minimum Gasteiger partial charge on any atom is -0.292 e. The summed E-state index contributed by atoms with van der Waals surface area (Å²) in [4.78, 5) is 20.8. The van der Waals surface area contributed by atoms with Crippen LogP contribution in [-0.4, -0.2) is 25.5 Å². The molecular formula is C15H14N4O. The zero-order valence-corrected chi connectivity index (χ0v) is 11.2. The number of pyridine rings is 1. The summed E-state index contributed by atoms with van der Waals surface area (Å²) in [6, 6.07) is 11.4. The maximum absolute atomic E-state index is 12.3. The fourth-order valence-electron chi connectivity index (χ4n) is 2.14. The highest BCUT2D eigenvalue weighted by atomic mass is 16.1. The molecule has 0 aliphatic heterocycles. The maximum Gasteiger partial charge on any atom is 0.188 e. The van der Waals surface area contributed by atoms with Crippen LogP contribution in [0.25, 0.3) is 10.9 Å². The number of aromatic nitrogens is 4. The van der Waals surface area contributed by atoms with Crippen molar-refractivity contribution < 1.29 is 4.79 Å². The van der Waals surface area contributed by atoms with Gasteiger partial charge in [-0.2, -0.15) is 5.10 Å². The van der Waals surface area contributed by atoms with Crippen LogP contribution in [0.15, 0.2) is 42.7 Å². The smallest absolute Gasteiger partial charge is 0.188 e. The predicted octanol–water partition coefficient (Wildman–Crippen LogP) is 2.27. The zero-order valence-electron chi connectivity index (χ0n) is 11.2. The molecule has 0 atom stereocenters. The molecule has 0 N–H and O–H groups in total. The van der Waals surface area contributed by atoms with Gasteiger partial charge in [-0.05, 0) is 19.1 Å². The van der Waals surface area contributed by atoms with E-state index in [4.69, 9.17) is 0 Å². The molecule has 0 saturated carbocycles. The van der Waals surface area contributed by atoms with Gasteiger partial charge in [0, 0.05) is 11.9 Å². The highest BCUT2D eigenvalue weighted by Crippen LogP contribution is 2.13. The number of hydrogen-bond acceptors (Lipinski definition) is 4. The fourth-order valence-corrected chi connectivity index (χ4v) is 2.14. The van der Waals surface area contributed by atoms with Crippen LogP contribution in [0.1, 0.15) is 23.2 Å². The molecule has 0 bridgehead atoms. The molecule has 0 spiro atoms. The summed E-state index contributed by atoms with van der Waals surface area (Å²) in [6.07, 6.45) is 1.69. The third-order valence-corrected chi connectivity index (χ3v) is 3.20. The number of ketones is 1. The molecule has 0 aliphatic carbocycles. The zero-order chi connectivity index (χ0) is 13.9. The first-order valence-corrected chi connectivity index (χ1v) is 6.53. The number of nitrogens with zero attached hydrogens (tertiary/aromatic N) is 4. The first kappa shape index (κ1) is 12.5. The van der Waals surface area contributed by atoms with Gasteiger partial charge in [0.05, 0.1) is 11.9 Å². The number of para-hydroxylation sites is 1. The molecule has 5 nitrogen and oxygen atoms in total. The molecule has 2 aromatic heterocycles. The van der Waals surface area contributed by atoms with E-state index in [1.165, 1.54) is 6.33 Å². The molecule has 0 saturated heterocycles. The summed E-state index contributed by atoms with van der Waals surface area (Å²) in [5.41, 5.74) is 1.30. The predicted molar refractivity (Wildman–Crippen MR) is 75.5 cm³/mol. The van der Waals surface area contributed by atoms with Crippen molar-refractivity contribution in [3.8, 4) is 0 Å². The summed E-state index contributed by atoms with van der Waals surface area (Å²) in [6.45, 7) is 2.67. The van der Waals surface area contributed by atoms with Crippen LogP contribution in [0.2, 0.25) is 0 Å². The Morgan fingerprint density at radius 1 is 1.20 bits per heavy atom. The van der Waals surface area contributed by atoms with Gasteiger partial charge in [0.25, 0.3) is 0 Å². The number of hydrogen-bond donors (Lipinski definition) is 0. The standard InChI is InChI=1S/C15H14N4O/c1-2-19-15(16-10-17-19)9-14(20)13-8-7-11-5-3-4-6-12(11)18-13/h3-8,10H,2,9H2,1H3. The highest BCUT2D eigenvalue weighted by molar-refractivity contribution is 5.97. The molecule has 0 radical (unpaired) electrons. The second kappa shape index (κ2) is 5.21. The van der Waals surface area contributed by atoms with E-state index < -0.39 is 0 Å². The number of benzene rings is 1. The molecule has 20 heavy (non-hydrogen) atoms. The van der Waals surface area contributed by atoms with Crippen molar-refractivity contribution in [2.45, 2.75) is 19.9 Å². The second-order valence-electron chi connectivity index (χ2n) is 4.48. The van der Waals surface area contributed by atoms with Crippen LogP contribution in [-0.2, 0) is 13.0 Å². The molecular weight excluding hydrogens is 252 g/mol. The van der Waals surface area contributed by atoms with Crippen LogP contribution in [0.3, 0.4) is 0 Å². The quantitative estimate of drug-likeness (QED) is 0.680. The Hall–Kier alpha value is -2.56. The van der Waals surface area contributed by atoms with Crippen LogP contribution >= 0.6 is 0 Å². The van der Waals surface area contributed by atoms with E-state index in [0.29, 0.717) is 18.1 Å². The lowest BCUT2D eigenvalue weighted by Crippen LogP contribution is -2.12. The Morgan fingerprint density at radius 2 is 2.05 bits per heavy atom. The molecule has 3 aromatic rings. The van der Waals surface area contributed by atoms with Crippen LogP contribution in [0.4, 0.5) is 0 Å². The first-order chi connectivity index (χ1) is 9.78. The molecule has 0 unspecified atom stereocenters. The second-order valence-corrected chi connectivity index (χ2v) is 4.48. The lowest BCUT2D eigenvalue weighted by molar-refractivity contribution is 0.0985. The van der Waals surface area contributed by atoms with Gasteiger partial charge in [-0.3, -0.25) is 4.79 Å². The number of rotatable bonds is 4. The molecule has 0 aliphatic rings. The summed E-state index contributed by atoms with van der Waals surface area (Å²) >= 11 is 0. The largest absolute Gasteiger partial charge is 0.292 e. The Bertz CT molecular complexity index is 763. The maximum atomic E-state index is 12.3. The Balaban J connectivity index is 1.89. The monoisotopic (exact) mass is 266 g/mol. The third kappa shape index (κ3) is 2.30. The van der Waals surface area contributed by atoms with E-state index in [9.17, 15) is 4.79 Å². The van der Waals surface area contributed by atoms with Gasteiger partial charge in [0.2, 0.25) is 0 Å². The van der Waals surface area contributed by atoms with Crippen molar-refractivity contribution in [3.63, 3.8) is 0 Å². The van der Waals surface area contributed by atoms with E-state index in [-0.39, 0.29) is 12.2 Å². The van der Waals surface area contributed by atoms with Crippen LogP contribution in [0.5, 0.6) is 0 Å². The SMILES string of the molecule is CCn1ncnc1CC(=O)c1ccc2ccccc2n1. The number of fused-ring (bicyclic) bond motifs is 1. The minimum absolute atomic E-state index is 0.0431. The van der Waals surface area contributed by atoms with E-state index >= 15 is 0 Å². The summed E-state index contributed by atoms with van der Waals surface area (Å²) in [7, 11) is 0. The molecule has 100 valence electrons. The topological polar surface area (TPSA) is 60.7 Å². The Kier molecular flexibility index (Phi) is 3.25. The molecule has 5 heteroatoms. The Labute approximate surface area is 116 Å². The lowest BCUT2D eigenvalue weighted by atomic mass is 10.1. The van der Waals surface area contributed by atoms with E-state index in [1.54, 1.807) is 10.7 Å². The average Bonchev–Trinajstić information content (AvgIpc) is 2.94. The van der Waals surface area contributed by atoms with Crippen molar-refractivity contribution in [1.82, 2.24) is 19.7 Å². The highest BCUT2D eigenvalue weighted by Gasteiger charge is 2.13. The van der Waals surface area contributed by atoms with Crippen molar-refractivity contribution >= 4 is 16.7 Å². The first-order valence-electron chi connectivity index (χ1n) is 6.53. The van der Waals surface area contributed by atoms with Crippen molar-refractivity contribution in [3.05, 3.63) is 54.2 Å². The minimum atomic E-state index is -0.0431. The number of carbonyl (C=O) groups is 1. The van der Waals surface area contributed by atoms with Gasteiger partial charge in [-0.15, -0.1) is 0 Å². The van der Waals surface area contributed by atoms with Gasteiger partial charge < -0.3 is 0 Å². The Morgan fingerprint density at radius 3 is 2.90 bits per heavy atom. The van der Waals surface area contributed by atoms with Crippen molar-refractivity contribution in [2.24, 2.45) is 0 Å². The van der Waals surface area contributed by atoms with Crippen molar-refractivity contribution in [2.75, 3.05) is 0 Å². The number of carbonyl (C=O) groups excluding carboxylic acids is 1. The fraction of sp³-hybridized carbons (Fsp3) is 0.200. The molecule has 0 fully saturated rings. The molecule has 0 amide bonds. The summed E-state index contributed by atoms with van der Waals surface area (Å²) in [5.74, 6) is 0.630. The summed E-state index contributed by atoms with van der Waals surface area (Å²) < 4.78 is 1.72. The van der Waals surface area contributed by atoms with E-state index in [0.717, 1.165) is 10.9 Å². The van der Waals surface area contributed by atoms with Gasteiger partial charge in [0.15, 0.2) is 5.78 Å². The summed E-state index contributed by atoms with van der Waals surface area (Å²) in [5, 5.41) is 5.09.